The fourth-order valence-electron chi connectivity index (χ4n) is 2.77. The van der Waals surface area contributed by atoms with Gasteiger partial charge in [0.1, 0.15) is 0 Å². The highest BCUT2D eigenvalue weighted by molar-refractivity contribution is 5.99. The molecule has 86 valence electrons. The van der Waals surface area contributed by atoms with Crippen molar-refractivity contribution in [2.75, 3.05) is 0 Å². The van der Waals surface area contributed by atoms with Crippen LogP contribution in [0, 0.1) is 11.3 Å². The van der Waals surface area contributed by atoms with Gasteiger partial charge >= 0.3 is 0 Å². The van der Waals surface area contributed by atoms with Crippen LogP contribution in [-0.2, 0) is 9.59 Å². The monoisotopic (exact) mass is 211 g/mol. The molecule has 0 aromatic rings. The van der Waals surface area contributed by atoms with E-state index in [1.807, 2.05) is 6.92 Å². The van der Waals surface area contributed by atoms with E-state index in [2.05, 4.69) is 19.2 Å². The molecule has 3 heteroatoms. The normalized spacial score (nSPS) is 25.1. The van der Waals surface area contributed by atoms with E-state index in [0.717, 1.165) is 25.7 Å². The van der Waals surface area contributed by atoms with Gasteiger partial charge in [-0.3, -0.25) is 14.9 Å². The second-order valence-corrected chi connectivity index (χ2v) is 4.67. The molecule has 0 saturated carbocycles. The maximum atomic E-state index is 11.6. The molecule has 0 bridgehead atoms. The summed E-state index contributed by atoms with van der Waals surface area (Å²) in [5, 5.41) is 2.42. The van der Waals surface area contributed by atoms with Gasteiger partial charge in [0.15, 0.2) is 0 Å². The van der Waals surface area contributed by atoms with Gasteiger partial charge in [0.25, 0.3) is 0 Å². The van der Waals surface area contributed by atoms with Crippen LogP contribution in [0.5, 0.6) is 0 Å². The Morgan fingerprint density at radius 3 is 2.27 bits per heavy atom. The fraction of sp³-hybridized carbons (Fsp3) is 0.833. The summed E-state index contributed by atoms with van der Waals surface area (Å²) in [6, 6.07) is 0. The highest BCUT2D eigenvalue weighted by Gasteiger charge is 2.44. The molecular formula is C12H21NO2. The number of hydrogen-bond donors (Lipinski definition) is 1. The second-order valence-electron chi connectivity index (χ2n) is 4.67. The van der Waals surface area contributed by atoms with Crippen molar-refractivity contribution in [1.82, 2.24) is 5.32 Å². The number of hydrogen-bond acceptors (Lipinski definition) is 2. The average Bonchev–Trinajstić information content (AvgIpc) is 2.15. The molecule has 0 aromatic heterocycles. The Balaban J connectivity index is 2.90. The fourth-order valence-corrected chi connectivity index (χ4v) is 2.77. The van der Waals surface area contributed by atoms with Gasteiger partial charge in [0, 0.05) is 12.3 Å². The third-order valence-corrected chi connectivity index (χ3v) is 3.58. The van der Waals surface area contributed by atoms with Gasteiger partial charge in [-0.15, -0.1) is 0 Å². The summed E-state index contributed by atoms with van der Waals surface area (Å²) < 4.78 is 0. The largest absolute Gasteiger partial charge is 0.296 e. The van der Waals surface area contributed by atoms with Gasteiger partial charge in [-0.05, 0) is 18.3 Å². The summed E-state index contributed by atoms with van der Waals surface area (Å²) in [4.78, 5) is 23.1. The summed E-state index contributed by atoms with van der Waals surface area (Å²) >= 11 is 0. The quantitative estimate of drug-likeness (QED) is 0.725. The molecule has 1 N–H and O–H groups in total. The first-order chi connectivity index (χ1) is 7.05. The molecule has 0 spiro atoms. The summed E-state index contributed by atoms with van der Waals surface area (Å²) in [7, 11) is 0. The molecule has 1 atom stereocenters. The smallest absolute Gasteiger partial charge is 0.229 e. The molecule has 2 amide bonds. The number of carbonyl (C=O) groups excluding carboxylic acids is 2. The minimum atomic E-state index is -0.0972. The molecule has 15 heavy (non-hydrogen) atoms. The van der Waals surface area contributed by atoms with Gasteiger partial charge in [0.05, 0.1) is 0 Å². The molecule has 3 nitrogen and oxygen atoms in total. The minimum absolute atomic E-state index is 0.0323. The van der Waals surface area contributed by atoms with E-state index >= 15 is 0 Å². The molecule has 1 rings (SSSR count). The average molecular weight is 211 g/mol. The Bertz CT molecular complexity index is 254. The van der Waals surface area contributed by atoms with Crippen molar-refractivity contribution in [3.8, 4) is 0 Å². The Morgan fingerprint density at radius 2 is 1.80 bits per heavy atom. The van der Waals surface area contributed by atoms with Crippen molar-refractivity contribution >= 4 is 11.8 Å². The molecule has 1 aliphatic heterocycles. The first-order valence-electron chi connectivity index (χ1n) is 5.89. The van der Waals surface area contributed by atoms with E-state index in [0.29, 0.717) is 6.42 Å². The predicted octanol–water partition coefficient (Wildman–Crippen LogP) is 2.26. The lowest BCUT2D eigenvalue weighted by molar-refractivity contribution is -0.143. The molecule has 0 aliphatic carbocycles. The van der Waals surface area contributed by atoms with Crippen LogP contribution in [0.15, 0.2) is 0 Å². The number of carbonyl (C=O) groups is 2. The molecule has 1 fully saturated rings. The lowest BCUT2D eigenvalue weighted by Gasteiger charge is -2.41. The highest BCUT2D eigenvalue weighted by atomic mass is 16.2. The van der Waals surface area contributed by atoms with E-state index in [9.17, 15) is 9.59 Å². The van der Waals surface area contributed by atoms with Crippen molar-refractivity contribution < 1.29 is 9.59 Å². The second kappa shape index (κ2) is 4.77. The number of imide groups is 1. The lowest BCUT2D eigenvalue weighted by atomic mass is 9.65. The zero-order valence-electron chi connectivity index (χ0n) is 9.93. The van der Waals surface area contributed by atoms with Crippen LogP contribution < -0.4 is 5.32 Å². The van der Waals surface area contributed by atoms with E-state index in [1.54, 1.807) is 0 Å². The molecule has 1 aliphatic rings. The minimum Gasteiger partial charge on any atom is -0.296 e. The van der Waals surface area contributed by atoms with Crippen molar-refractivity contribution in [3.05, 3.63) is 0 Å². The summed E-state index contributed by atoms with van der Waals surface area (Å²) in [5.41, 5.74) is -0.0804. The molecule has 0 radical (unpaired) electrons. The van der Waals surface area contributed by atoms with E-state index in [-0.39, 0.29) is 23.1 Å². The Hall–Kier alpha value is -0.860. The van der Waals surface area contributed by atoms with E-state index < -0.39 is 0 Å². The Labute approximate surface area is 91.6 Å². The summed E-state index contributed by atoms with van der Waals surface area (Å²) in [5.74, 6) is -0.219. The Kier molecular flexibility index (Phi) is 3.89. The number of amides is 2. The van der Waals surface area contributed by atoms with E-state index in [4.69, 9.17) is 0 Å². The van der Waals surface area contributed by atoms with E-state index in [1.165, 1.54) is 0 Å². The standard InChI is InChI=1S/C12H21NO2/c1-4-6-12(7-5-2)8-10(14)13-11(15)9(12)3/h9H,4-8H2,1-3H3,(H,13,14,15). The highest BCUT2D eigenvalue weighted by Crippen LogP contribution is 2.43. The number of rotatable bonds is 4. The van der Waals surface area contributed by atoms with Crippen molar-refractivity contribution in [3.63, 3.8) is 0 Å². The third-order valence-electron chi connectivity index (χ3n) is 3.58. The first kappa shape index (κ1) is 12.2. The van der Waals surface area contributed by atoms with Crippen molar-refractivity contribution in [2.45, 2.75) is 52.9 Å². The summed E-state index contributed by atoms with van der Waals surface area (Å²) in [6.45, 7) is 6.18. The first-order valence-corrected chi connectivity index (χ1v) is 5.89. The molecule has 0 aromatic carbocycles. The van der Waals surface area contributed by atoms with Crippen LogP contribution in [-0.4, -0.2) is 11.8 Å². The molecule has 1 heterocycles. The SMILES string of the molecule is CCCC1(CCC)CC(=O)NC(=O)C1C. The van der Waals surface area contributed by atoms with Gasteiger partial charge in [-0.1, -0.05) is 33.6 Å². The molecule has 1 unspecified atom stereocenters. The van der Waals surface area contributed by atoms with Crippen LogP contribution in [0.4, 0.5) is 0 Å². The van der Waals surface area contributed by atoms with Crippen LogP contribution >= 0.6 is 0 Å². The van der Waals surface area contributed by atoms with Crippen molar-refractivity contribution in [2.24, 2.45) is 11.3 Å². The van der Waals surface area contributed by atoms with Gasteiger partial charge in [-0.2, -0.15) is 0 Å². The zero-order chi connectivity index (χ0) is 11.5. The van der Waals surface area contributed by atoms with Crippen molar-refractivity contribution in [1.29, 1.82) is 0 Å². The number of nitrogens with one attached hydrogen (secondary N) is 1. The molecule has 1 saturated heterocycles. The van der Waals surface area contributed by atoms with Crippen LogP contribution in [0.25, 0.3) is 0 Å². The van der Waals surface area contributed by atoms with Gasteiger partial charge in [-0.25, -0.2) is 0 Å². The molecular weight excluding hydrogens is 190 g/mol. The van der Waals surface area contributed by atoms with Gasteiger partial charge in [0.2, 0.25) is 11.8 Å². The zero-order valence-corrected chi connectivity index (χ0v) is 9.93. The summed E-state index contributed by atoms with van der Waals surface area (Å²) in [6.07, 6.45) is 4.53. The van der Waals surface area contributed by atoms with Gasteiger partial charge < -0.3 is 0 Å². The lowest BCUT2D eigenvalue weighted by Crippen LogP contribution is -2.51. The Morgan fingerprint density at radius 1 is 1.27 bits per heavy atom. The van der Waals surface area contributed by atoms with Crippen LogP contribution in [0.3, 0.4) is 0 Å². The maximum absolute atomic E-state index is 11.6. The van der Waals surface area contributed by atoms with Crippen LogP contribution in [0.2, 0.25) is 0 Å². The van der Waals surface area contributed by atoms with Crippen LogP contribution in [0.1, 0.15) is 52.9 Å². The topological polar surface area (TPSA) is 46.2 Å². The predicted molar refractivity (Wildman–Crippen MR) is 59.2 cm³/mol. The third kappa shape index (κ3) is 2.39. The maximum Gasteiger partial charge on any atom is 0.229 e. The number of piperidine rings is 1.